The molecule has 0 saturated carbocycles. The van der Waals surface area contributed by atoms with Crippen LogP contribution in [-0.4, -0.2) is 29.3 Å². The van der Waals surface area contributed by atoms with Gasteiger partial charge in [-0.3, -0.25) is 4.98 Å². The predicted octanol–water partition coefficient (Wildman–Crippen LogP) is 2.34. The Morgan fingerprint density at radius 3 is 2.71 bits per heavy atom. The van der Waals surface area contributed by atoms with Gasteiger partial charge >= 0.3 is 0 Å². The van der Waals surface area contributed by atoms with Gasteiger partial charge in [0, 0.05) is 17.6 Å². The molecule has 2 aromatic heterocycles. The van der Waals surface area contributed by atoms with Crippen LogP contribution in [0.4, 0.5) is 0 Å². The minimum Gasteiger partial charge on any atom is -0.480 e. The molecule has 0 amide bonds. The maximum atomic E-state index is 5.04. The van der Waals surface area contributed by atoms with Gasteiger partial charge < -0.3 is 10.1 Å². The second kappa shape index (κ2) is 5.85. The molecule has 1 atom stereocenters. The maximum absolute atomic E-state index is 5.04. The SMILES string of the molecule is CNC(c1ccc2ncccc2c1)c1ccc(OC)nn1. The van der Waals surface area contributed by atoms with Gasteiger partial charge in [-0.25, -0.2) is 0 Å². The molecule has 0 bridgehead atoms. The first-order valence-corrected chi connectivity index (χ1v) is 6.71. The first-order valence-electron chi connectivity index (χ1n) is 6.71. The van der Waals surface area contributed by atoms with Gasteiger partial charge in [0.2, 0.25) is 5.88 Å². The molecule has 3 rings (SSSR count). The molecule has 5 nitrogen and oxygen atoms in total. The van der Waals surface area contributed by atoms with Crippen molar-refractivity contribution in [2.45, 2.75) is 6.04 Å². The topological polar surface area (TPSA) is 59.9 Å². The summed E-state index contributed by atoms with van der Waals surface area (Å²) in [5, 5.41) is 12.6. The number of benzene rings is 1. The molecular formula is C16H16N4O. The lowest BCUT2D eigenvalue weighted by molar-refractivity contribution is 0.390. The third-order valence-corrected chi connectivity index (χ3v) is 3.41. The molecule has 0 radical (unpaired) electrons. The van der Waals surface area contributed by atoms with E-state index in [9.17, 15) is 0 Å². The van der Waals surface area contributed by atoms with Gasteiger partial charge in [-0.2, -0.15) is 0 Å². The summed E-state index contributed by atoms with van der Waals surface area (Å²) in [5.41, 5.74) is 2.95. The van der Waals surface area contributed by atoms with Gasteiger partial charge in [-0.05, 0) is 36.9 Å². The van der Waals surface area contributed by atoms with Gasteiger partial charge in [0.25, 0.3) is 0 Å². The monoisotopic (exact) mass is 280 g/mol. The number of hydrogen-bond acceptors (Lipinski definition) is 5. The quantitative estimate of drug-likeness (QED) is 0.795. The Morgan fingerprint density at radius 2 is 2.00 bits per heavy atom. The van der Waals surface area contributed by atoms with E-state index < -0.39 is 0 Å². The number of fused-ring (bicyclic) bond motifs is 1. The summed E-state index contributed by atoms with van der Waals surface area (Å²) < 4.78 is 5.04. The molecule has 2 heterocycles. The fourth-order valence-corrected chi connectivity index (χ4v) is 2.35. The predicted molar refractivity (Wildman–Crippen MR) is 81.2 cm³/mol. The number of hydrogen-bond donors (Lipinski definition) is 1. The second-order valence-corrected chi connectivity index (χ2v) is 4.68. The lowest BCUT2D eigenvalue weighted by Crippen LogP contribution is -2.19. The van der Waals surface area contributed by atoms with Crippen molar-refractivity contribution in [1.82, 2.24) is 20.5 Å². The van der Waals surface area contributed by atoms with Crippen LogP contribution in [0, 0.1) is 0 Å². The summed E-state index contributed by atoms with van der Waals surface area (Å²) in [4.78, 5) is 4.34. The van der Waals surface area contributed by atoms with Crippen molar-refractivity contribution in [2.75, 3.05) is 14.2 Å². The standard InChI is InChI=1S/C16H16N4O/c1-17-16(14-7-8-15(21-2)20-19-14)12-5-6-13-11(10-12)4-3-9-18-13/h3-10,16-17H,1-2H3. The second-order valence-electron chi connectivity index (χ2n) is 4.68. The van der Waals surface area contributed by atoms with E-state index in [0.717, 1.165) is 22.2 Å². The summed E-state index contributed by atoms with van der Waals surface area (Å²) in [6.07, 6.45) is 1.80. The van der Waals surface area contributed by atoms with Crippen molar-refractivity contribution in [1.29, 1.82) is 0 Å². The van der Waals surface area contributed by atoms with Crippen molar-refractivity contribution in [3.8, 4) is 5.88 Å². The van der Waals surface area contributed by atoms with Crippen molar-refractivity contribution in [2.24, 2.45) is 0 Å². The molecule has 3 aromatic rings. The fraction of sp³-hybridized carbons (Fsp3) is 0.188. The molecule has 0 saturated heterocycles. The van der Waals surface area contributed by atoms with E-state index in [1.165, 1.54) is 0 Å². The number of rotatable bonds is 4. The summed E-state index contributed by atoms with van der Waals surface area (Å²) in [6.45, 7) is 0. The molecule has 0 aliphatic heterocycles. The average molecular weight is 280 g/mol. The Kier molecular flexibility index (Phi) is 3.75. The van der Waals surface area contributed by atoms with Crippen molar-refractivity contribution >= 4 is 10.9 Å². The van der Waals surface area contributed by atoms with Gasteiger partial charge in [0.1, 0.15) is 0 Å². The van der Waals surface area contributed by atoms with Crippen LogP contribution in [0.1, 0.15) is 17.3 Å². The zero-order valence-corrected chi connectivity index (χ0v) is 11.9. The summed E-state index contributed by atoms with van der Waals surface area (Å²) in [6, 6.07) is 13.9. The van der Waals surface area contributed by atoms with Crippen molar-refractivity contribution in [3.05, 3.63) is 59.9 Å². The number of methoxy groups -OCH3 is 1. The number of ether oxygens (including phenoxy) is 1. The molecule has 0 fully saturated rings. The largest absolute Gasteiger partial charge is 0.480 e. The fourth-order valence-electron chi connectivity index (χ4n) is 2.35. The van der Waals surface area contributed by atoms with Crippen LogP contribution in [0.15, 0.2) is 48.7 Å². The van der Waals surface area contributed by atoms with Crippen LogP contribution in [-0.2, 0) is 0 Å². The van der Waals surface area contributed by atoms with Gasteiger partial charge in [0.15, 0.2) is 0 Å². The Labute approximate surface area is 123 Å². The van der Waals surface area contributed by atoms with Gasteiger partial charge in [-0.1, -0.05) is 12.1 Å². The van der Waals surface area contributed by atoms with E-state index in [1.807, 2.05) is 31.3 Å². The molecule has 5 heteroatoms. The van der Waals surface area contributed by atoms with E-state index >= 15 is 0 Å². The van der Waals surface area contributed by atoms with E-state index in [-0.39, 0.29) is 6.04 Å². The summed E-state index contributed by atoms with van der Waals surface area (Å²) >= 11 is 0. The summed E-state index contributed by atoms with van der Waals surface area (Å²) in [5.74, 6) is 0.510. The third kappa shape index (κ3) is 2.68. The van der Waals surface area contributed by atoms with Crippen molar-refractivity contribution < 1.29 is 4.74 Å². The highest BCUT2D eigenvalue weighted by atomic mass is 16.5. The van der Waals surface area contributed by atoms with E-state index in [0.29, 0.717) is 5.88 Å². The Morgan fingerprint density at radius 1 is 1.10 bits per heavy atom. The third-order valence-electron chi connectivity index (χ3n) is 3.41. The number of aromatic nitrogens is 3. The van der Waals surface area contributed by atoms with E-state index in [1.54, 1.807) is 13.3 Å². The molecule has 1 unspecified atom stereocenters. The molecular weight excluding hydrogens is 264 g/mol. The minimum absolute atomic E-state index is 0.0204. The lowest BCUT2D eigenvalue weighted by Gasteiger charge is -2.16. The number of pyridine rings is 1. The Hall–Kier alpha value is -2.53. The maximum Gasteiger partial charge on any atom is 0.233 e. The van der Waals surface area contributed by atoms with Crippen molar-refractivity contribution in [3.63, 3.8) is 0 Å². The highest BCUT2D eigenvalue weighted by Crippen LogP contribution is 2.23. The van der Waals surface area contributed by atoms with Crippen LogP contribution in [0.3, 0.4) is 0 Å². The molecule has 1 aromatic carbocycles. The minimum atomic E-state index is -0.0204. The van der Waals surface area contributed by atoms with E-state index in [2.05, 4.69) is 38.7 Å². The lowest BCUT2D eigenvalue weighted by atomic mass is 10.0. The smallest absolute Gasteiger partial charge is 0.233 e. The Bertz CT molecular complexity index is 743. The van der Waals surface area contributed by atoms with Crippen LogP contribution < -0.4 is 10.1 Å². The summed E-state index contributed by atoms with van der Waals surface area (Å²) in [7, 11) is 3.49. The molecule has 21 heavy (non-hydrogen) atoms. The molecule has 0 aliphatic rings. The highest BCUT2D eigenvalue weighted by Gasteiger charge is 2.14. The van der Waals surface area contributed by atoms with Crippen LogP contribution in [0.2, 0.25) is 0 Å². The van der Waals surface area contributed by atoms with Crippen LogP contribution in [0.25, 0.3) is 10.9 Å². The van der Waals surface area contributed by atoms with Gasteiger partial charge in [0.05, 0.1) is 24.4 Å². The van der Waals surface area contributed by atoms with Crippen LogP contribution >= 0.6 is 0 Å². The molecule has 0 aliphatic carbocycles. The first kappa shape index (κ1) is 13.5. The van der Waals surface area contributed by atoms with E-state index in [4.69, 9.17) is 4.74 Å². The molecule has 0 spiro atoms. The average Bonchev–Trinajstić information content (AvgIpc) is 2.56. The first-order chi connectivity index (χ1) is 10.3. The Balaban J connectivity index is 2.00. The normalized spacial score (nSPS) is 12.3. The zero-order chi connectivity index (χ0) is 14.7. The molecule has 106 valence electrons. The molecule has 1 N–H and O–H groups in total. The number of nitrogens with zero attached hydrogens (tertiary/aromatic N) is 3. The highest BCUT2D eigenvalue weighted by molar-refractivity contribution is 5.79. The number of nitrogens with one attached hydrogen (secondary N) is 1. The van der Waals surface area contributed by atoms with Gasteiger partial charge in [-0.15, -0.1) is 10.2 Å². The van der Waals surface area contributed by atoms with Crippen LogP contribution in [0.5, 0.6) is 5.88 Å². The zero-order valence-electron chi connectivity index (χ0n) is 11.9.